The van der Waals surface area contributed by atoms with E-state index in [0.29, 0.717) is 5.92 Å². The van der Waals surface area contributed by atoms with E-state index in [9.17, 15) is 5.11 Å². The Morgan fingerprint density at radius 2 is 1.70 bits per heavy atom. The summed E-state index contributed by atoms with van der Waals surface area (Å²) in [6, 6.07) is 1.93. The predicted octanol–water partition coefficient (Wildman–Crippen LogP) is 2.99. The van der Waals surface area contributed by atoms with Gasteiger partial charge in [-0.15, -0.1) is 0 Å². The smallest absolute Gasteiger partial charge is 0.135 e. The SMILES string of the molecule is CCCNc1cc(NCCC(O)CC)nc(C(C)C)n1. The molecule has 1 rings (SSSR count). The summed E-state index contributed by atoms with van der Waals surface area (Å²) in [4.78, 5) is 9.04. The van der Waals surface area contributed by atoms with Gasteiger partial charge in [0.05, 0.1) is 6.10 Å². The molecule has 5 nitrogen and oxygen atoms in total. The lowest BCUT2D eigenvalue weighted by Gasteiger charge is -2.13. The topological polar surface area (TPSA) is 70.1 Å². The number of anilines is 2. The van der Waals surface area contributed by atoms with Gasteiger partial charge in [-0.25, -0.2) is 9.97 Å². The molecule has 1 unspecified atom stereocenters. The lowest BCUT2D eigenvalue weighted by atomic mass is 10.2. The third-order valence-corrected chi connectivity index (χ3v) is 3.07. The summed E-state index contributed by atoms with van der Waals surface area (Å²) in [5.74, 6) is 2.82. The molecule has 20 heavy (non-hydrogen) atoms. The fourth-order valence-electron chi connectivity index (χ4n) is 1.73. The van der Waals surface area contributed by atoms with E-state index in [4.69, 9.17) is 0 Å². The Morgan fingerprint density at radius 1 is 1.10 bits per heavy atom. The number of hydrogen-bond donors (Lipinski definition) is 3. The molecule has 1 heterocycles. The van der Waals surface area contributed by atoms with Crippen LogP contribution in [0.1, 0.15) is 58.7 Å². The Morgan fingerprint density at radius 3 is 2.20 bits per heavy atom. The highest BCUT2D eigenvalue weighted by Gasteiger charge is 2.08. The summed E-state index contributed by atoms with van der Waals surface area (Å²) >= 11 is 0. The van der Waals surface area contributed by atoms with E-state index in [1.807, 2.05) is 13.0 Å². The number of aliphatic hydroxyl groups is 1. The van der Waals surface area contributed by atoms with Crippen LogP contribution in [0.5, 0.6) is 0 Å². The fraction of sp³-hybridized carbons (Fsp3) is 0.733. The molecule has 1 aromatic rings. The van der Waals surface area contributed by atoms with Gasteiger partial charge in [-0.1, -0.05) is 27.7 Å². The lowest BCUT2D eigenvalue weighted by molar-refractivity contribution is 0.164. The molecule has 114 valence electrons. The van der Waals surface area contributed by atoms with Crippen molar-refractivity contribution in [2.45, 2.75) is 59.0 Å². The maximum absolute atomic E-state index is 9.56. The summed E-state index contributed by atoms with van der Waals surface area (Å²) in [6.07, 6.45) is 2.33. The normalized spacial score (nSPS) is 12.5. The number of nitrogens with zero attached hydrogens (tertiary/aromatic N) is 2. The highest BCUT2D eigenvalue weighted by Crippen LogP contribution is 2.17. The largest absolute Gasteiger partial charge is 0.393 e. The molecular weight excluding hydrogens is 252 g/mol. The van der Waals surface area contributed by atoms with Crippen molar-refractivity contribution >= 4 is 11.6 Å². The van der Waals surface area contributed by atoms with Gasteiger partial charge in [-0.2, -0.15) is 0 Å². The quantitative estimate of drug-likeness (QED) is 0.648. The molecule has 0 saturated carbocycles. The minimum atomic E-state index is -0.244. The number of hydrogen-bond acceptors (Lipinski definition) is 5. The van der Waals surface area contributed by atoms with E-state index in [0.717, 1.165) is 49.8 Å². The molecule has 0 radical (unpaired) electrons. The van der Waals surface area contributed by atoms with E-state index < -0.39 is 0 Å². The van der Waals surface area contributed by atoms with Gasteiger partial charge < -0.3 is 15.7 Å². The van der Waals surface area contributed by atoms with Gasteiger partial charge in [0, 0.05) is 25.1 Å². The predicted molar refractivity (Wildman–Crippen MR) is 84.3 cm³/mol. The van der Waals surface area contributed by atoms with Gasteiger partial charge in [-0.3, -0.25) is 0 Å². The molecule has 1 atom stereocenters. The van der Waals surface area contributed by atoms with Crippen LogP contribution < -0.4 is 10.6 Å². The molecular formula is C15H28N4O. The van der Waals surface area contributed by atoms with Crippen LogP contribution in [0.4, 0.5) is 11.6 Å². The molecule has 0 aliphatic heterocycles. The summed E-state index contributed by atoms with van der Waals surface area (Å²) in [7, 11) is 0. The van der Waals surface area contributed by atoms with Crippen molar-refractivity contribution in [3.8, 4) is 0 Å². The van der Waals surface area contributed by atoms with E-state index >= 15 is 0 Å². The minimum Gasteiger partial charge on any atom is -0.393 e. The zero-order valence-corrected chi connectivity index (χ0v) is 13.1. The average molecular weight is 280 g/mol. The van der Waals surface area contributed by atoms with Gasteiger partial charge in [0.2, 0.25) is 0 Å². The number of rotatable bonds is 9. The number of aromatic nitrogens is 2. The molecule has 0 aromatic carbocycles. The maximum Gasteiger partial charge on any atom is 0.135 e. The third kappa shape index (κ3) is 5.74. The molecule has 5 heteroatoms. The van der Waals surface area contributed by atoms with Gasteiger partial charge in [0.1, 0.15) is 17.5 Å². The first-order valence-corrected chi connectivity index (χ1v) is 7.61. The number of nitrogens with one attached hydrogen (secondary N) is 2. The highest BCUT2D eigenvalue weighted by atomic mass is 16.3. The van der Waals surface area contributed by atoms with Crippen molar-refractivity contribution in [3.63, 3.8) is 0 Å². The fourth-order valence-corrected chi connectivity index (χ4v) is 1.73. The summed E-state index contributed by atoms with van der Waals surface area (Å²) in [5, 5.41) is 16.1. The van der Waals surface area contributed by atoms with Crippen LogP contribution in [-0.2, 0) is 0 Å². The lowest BCUT2D eigenvalue weighted by Crippen LogP contribution is -2.14. The first-order chi connectivity index (χ1) is 9.56. The third-order valence-electron chi connectivity index (χ3n) is 3.07. The molecule has 0 aliphatic rings. The van der Waals surface area contributed by atoms with Crippen LogP contribution in [0.3, 0.4) is 0 Å². The van der Waals surface area contributed by atoms with E-state index in [1.54, 1.807) is 0 Å². The second kappa shape index (κ2) is 8.74. The Hall–Kier alpha value is -1.36. The van der Waals surface area contributed by atoms with Crippen LogP contribution in [0.2, 0.25) is 0 Å². The van der Waals surface area contributed by atoms with Crippen molar-refractivity contribution < 1.29 is 5.11 Å². The van der Waals surface area contributed by atoms with E-state index in [1.165, 1.54) is 0 Å². The van der Waals surface area contributed by atoms with Crippen LogP contribution in [0.25, 0.3) is 0 Å². The molecule has 0 aliphatic carbocycles. The van der Waals surface area contributed by atoms with Crippen LogP contribution in [0.15, 0.2) is 6.07 Å². The first kappa shape index (κ1) is 16.7. The Bertz CT molecular complexity index is 395. The van der Waals surface area contributed by atoms with Crippen molar-refractivity contribution in [1.82, 2.24) is 9.97 Å². The zero-order valence-electron chi connectivity index (χ0n) is 13.1. The Balaban J connectivity index is 2.70. The average Bonchev–Trinajstić information content (AvgIpc) is 2.44. The molecule has 0 saturated heterocycles. The second-order valence-corrected chi connectivity index (χ2v) is 5.36. The standard InChI is InChI=1S/C15H28N4O/c1-5-8-16-13-10-14(17-9-7-12(20)6-2)19-15(18-13)11(3)4/h10-12,20H,5-9H2,1-4H3,(H2,16,17,18,19). The summed E-state index contributed by atoms with van der Waals surface area (Å²) in [6.45, 7) is 9.91. The molecule has 0 amide bonds. The minimum absolute atomic E-state index is 0.244. The highest BCUT2D eigenvalue weighted by molar-refractivity contribution is 5.47. The molecule has 3 N–H and O–H groups in total. The van der Waals surface area contributed by atoms with Crippen molar-refractivity contribution in [3.05, 3.63) is 11.9 Å². The van der Waals surface area contributed by atoms with Gasteiger partial charge in [-0.05, 0) is 19.3 Å². The monoisotopic (exact) mass is 280 g/mol. The van der Waals surface area contributed by atoms with Gasteiger partial charge in [0.15, 0.2) is 0 Å². The molecule has 0 fully saturated rings. The van der Waals surface area contributed by atoms with Crippen molar-refractivity contribution in [1.29, 1.82) is 0 Å². The first-order valence-electron chi connectivity index (χ1n) is 7.61. The van der Waals surface area contributed by atoms with Crippen LogP contribution in [0, 0.1) is 0 Å². The van der Waals surface area contributed by atoms with Gasteiger partial charge >= 0.3 is 0 Å². The van der Waals surface area contributed by atoms with E-state index in [-0.39, 0.29) is 6.10 Å². The van der Waals surface area contributed by atoms with Crippen molar-refractivity contribution in [2.24, 2.45) is 0 Å². The molecule has 0 spiro atoms. The summed E-state index contributed by atoms with van der Waals surface area (Å²) in [5.41, 5.74) is 0. The Labute approximate surface area is 122 Å². The van der Waals surface area contributed by atoms with E-state index in [2.05, 4.69) is 41.4 Å². The van der Waals surface area contributed by atoms with Crippen molar-refractivity contribution in [2.75, 3.05) is 23.7 Å². The van der Waals surface area contributed by atoms with Crippen LogP contribution >= 0.6 is 0 Å². The molecule has 0 bridgehead atoms. The molecule has 1 aromatic heterocycles. The Kier molecular flexibility index (Phi) is 7.30. The number of aliphatic hydroxyl groups excluding tert-OH is 1. The summed E-state index contributed by atoms with van der Waals surface area (Å²) < 4.78 is 0. The second-order valence-electron chi connectivity index (χ2n) is 5.36. The maximum atomic E-state index is 9.56. The van der Waals surface area contributed by atoms with Gasteiger partial charge in [0.25, 0.3) is 0 Å². The zero-order chi connectivity index (χ0) is 15.0. The van der Waals surface area contributed by atoms with Crippen LogP contribution in [-0.4, -0.2) is 34.3 Å².